The van der Waals surface area contributed by atoms with Gasteiger partial charge in [0.2, 0.25) is 0 Å². The Morgan fingerprint density at radius 3 is 2.50 bits per heavy atom. The van der Waals surface area contributed by atoms with Crippen LogP contribution in [0.2, 0.25) is 0 Å². The number of esters is 1. The number of anilines is 1. The lowest BCUT2D eigenvalue weighted by Gasteiger charge is -2.41. The first-order valence-corrected chi connectivity index (χ1v) is 11.5. The first kappa shape index (κ1) is 23.6. The number of ether oxygens (including phenoxy) is 2. The lowest BCUT2D eigenvalue weighted by Crippen LogP contribution is -2.54. The predicted octanol–water partition coefficient (Wildman–Crippen LogP) is 3.45. The highest BCUT2D eigenvalue weighted by Gasteiger charge is 2.32. The zero-order valence-corrected chi connectivity index (χ0v) is 20.0. The standard InChI is InChI=1S/C25H28N4O4S/c1-3-26-25(34)27-32-17-18-9-11-19(12-10-18)33-20-15-29(16-20)22-8-6-7-21(24(30)31-2)23(22)28-13-4-5-14-28/h4-14,20H,3,15-17H2,1-2H3,(H2,26,27,34). The second-order valence-electron chi connectivity index (χ2n) is 7.79. The smallest absolute Gasteiger partial charge is 0.340 e. The summed E-state index contributed by atoms with van der Waals surface area (Å²) in [6.45, 7) is 4.53. The molecule has 1 aliphatic rings. The van der Waals surface area contributed by atoms with E-state index in [4.69, 9.17) is 26.5 Å². The van der Waals surface area contributed by atoms with Crippen LogP contribution in [0.5, 0.6) is 5.75 Å². The third-order valence-corrected chi connectivity index (χ3v) is 5.67. The van der Waals surface area contributed by atoms with Crippen LogP contribution in [-0.4, -0.2) is 48.5 Å². The lowest BCUT2D eigenvalue weighted by atomic mass is 10.1. The Balaban J connectivity index is 1.35. The van der Waals surface area contributed by atoms with Crippen molar-refractivity contribution in [3.05, 3.63) is 78.1 Å². The van der Waals surface area contributed by atoms with Crippen LogP contribution in [0.3, 0.4) is 0 Å². The van der Waals surface area contributed by atoms with Gasteiger partial charge in [0.15, 0.2) is 5.11 Å². The number of benzene rings is 2. The molecule has 2 heterocycles. The molecule has 3 aromatic rings. The average molecular weight is 481 g/mol. The molecule has 0 saturated carbocycles. The van der Waals surface area contributed by atoms with Crippen LogP contribution in [0, 0.1) is 0 Å². The number of hydrogen-bond acceptors (Lipinski definition) is 6. The van der Waals surface area contributed by atoms with Crippen molar-refractivity contribution in [2.45, 2.75) is 19.6 Å². The minimum Gasteiger partial charge on any atom is -0.487 e. The quantitative estimate of drug-likeness (QED) is 0.274. The molecule has 0 aliphatic carbocycles. The summed E-state index contributed by atoms with van der Waals surface area (Å²) in [4.78, 5) is 20.0. The van der Waals surface area contributed by atoms with E-state index in [0.29, 0.717) is 17.3 Å². The zero-order chi connectivity index (χ0) is 23.9. The second-order valence-corrected chi connectivity index (χ2v) is 8.20. The number of thiocarbonyl (C=S) groups is 1. The number of hydroxylamine groups is 1. The summed E-state index contributed by atoms with van der Waals surface area (Å²) in [5, 5.41) is 3.43. The van der Waals surface area contributed by atoms with Crippen LogP contribution in [0.1, 0.15) is 22.8 Å². The maximum Gasteiger partial charge on any atom is 0.340 e. The normalized spacial score (nSPS) is 13.2. The number of hydrogen-bond donors (Lipinski definition) is 2. The summed E-state index contributed by atoms with van der Waals surface area (Å²) in [5.41, 5.74) is 6.01. The van der Waals surface area contributed by atoms with Gasteiger partial charge in [-0.2, -0.15) is 0 Å². The Hall–Kier alpha value is -3.56. The fourth-order valence-electron chi connectivity index (χ4n) is 3.76. The molecule has 0 unspecified atom stereocenters. The van der Waals surface area contributed by atoms with Gasteiger partial charge in [-0.05, 0) is 61.1 Å². The fraction of sp³-hybridized carbons (Fsp3) is 0.280. The van der Waals surface area contributed by atoms with Crippen LogP contribution >= 0.6 is 12.2 Å². The van der Waals surface area contributed by atoms with Crippen LogP contribution in [-0.2, 0) is 16.2 Å². The summed E-state index contributed by atoms with van der Waals surface area (Å²) >= 11 is 5.06. The Morgan fingerprint density at radius 2 is 1.82 bits per heavy atom. The SMILES string of the molecule is CCNC(=S)NOCc1ccc(OC2CN(c3cccc(C(=O)OC)c3-n3cccc3)C2)cc1. The van der Waals surface area contributed by atoms with Crippen LogP contribution in [0.25, 0.3) is 5.69 Å². The highest BCUT2D eigenvalue weighted by atomic mass is 32.1. The average Bonchev–Trinajstić information content (AvgIpc) is 3.36. The van der Waals surface area contributed by atoms with Gasteiger partial charge in [-0.3, -0.25) is 4.84 Å². The van der Waals surface area contributed by atoms with E-state index >= 15 is 0 Å². The molecule has 1 aromatic heterocycles. The molecule has 2 aromatic carbocycles. The first-order valence-electron chi connectivity index (χ1n) is 11.1. The third kappa shape index (κ3) is 5.49. The molecular formula is C25H28N4O4S. The van der Waals surface area contributed by atoms with Crippen LogP contribution in [0.15, 0.2) is 67.0 Å². The number of para-hydroxylation sites is 1. The van der Waals surface area contributed by atoms with Crippen molar-refractivity contribution in [1.29, 1.82) is 0 Å². The van der Waals surface area contributed by atoms with Gasteiger partial charge >= 0.3 is 5.97 Å². The Kier molecular flexibility index (Phi) is 7.66. The molecule has 0 spiro atoms. The molecule has 1 fully saturated rings. The molecular weight excluding hydrogens is 452 g/mol. The van der Waals surface area contributed by atoms with Crippen molar-refractivity contribution in [3.63, 3.8) is 0 Å². The van der Waals surface area contributed by atoms with Crippen molar-refractivity contribution < 1.29 is 19.1 Å². The minimum atomic E-state index is -0.360. The largest absolute Gasteiger partial charge is 0.487 e. The number of methoxy groups -OCH3 is 1. The van der Waals surface area contributed by atoms with E-state index in [-0.39, 0.29) is 12.1 Å². The zero-order valence-electron chi connectivity index (χ0n) is 19.2. The summed E-state index contributed by atoms with van der Waals surface area (Å²) in [7, 11) is 1.40. The minimum absolute atomic E-state index is 0.0561. The Labute approximate surface area is 204 Å². The molecule has 0 atom stereocenters. The summed E-state index contributed by atoms with van der Waals surface area (Å²) in [6, 6.07) is 17.3. The summed E-state index contributed by atoms with van der Waals surface area (Å²) < 4.78 is 13.1. The molecule has 34 heavy (non-hydrogen) atoms. The van der Waals surface area contributed by atoms with Gasteiger partial charge in [-0.25, -0.2) is 10.3 Å². The lowest BCUT2D eigenvalue weighted by molar-refractivity contribution is 0.0600. The van der Waals surface area contributed by atoms with Gasteiger partial charge in [-0.1, -0.05) is 18.2 Å². The van der Waals surface area contributed by atoms with Crippen molar-refractivity contribution in [1.82, 2.24) is 15.4 Å². The number of nitrogens with zero attached hydrogens (tertiary/aromatic N) is 2. The van der Waals surface area contributed by atoms with E-state index in [1.807, 2.05) is 72.4 Å². The second kappa shape index (κ2) is 11.0. The van der Waals surface area contributed by atoms with E-state index in [1.165, 1.54) is 7.11 Å². The van der Waals surface area contributed by atoms with Gasteiger partial charge < -0.3 is 24.3 Å². The van der Waals surface area contributed by atoms with Crippen molar-refractivity contribution >= 4 is 29.0 Å². The molecule has 9 heteroatoms. The van der Waals surface area contributed by atoms with E-state index in [2.05, 4.69) is 15.7 Å². The molecule has 1 aliphatic heterocycles. The van der Waals surface area contributed by atoms with Gasteiger partial charge in [0.25, 0.3) is 0 Å². The Bertz CT molecular complexity index is 1110. The van der Waals surface area contributed by atoms with Crippen molar-refractivity contribution in [3.8, 4) is 11.4 Å². The molecule has 8 nitrogen and oxygen atoms in total. The summed E-state index contributed by atoms with van der Waals surface area (Å²) in [5.74, 6) is 0.445. The first-order chi connectivity index (χ1) is 16.6. The number of carbonyl (C=O) groups is 1. The maximum atomic E-state index is 12.4. The number of nitrogens with one attached hydrogen (secondary N) is 2. The highest BCUT2D eigenvalue weighted by Crippen LogP contribution is 2.33. The maximum absolute atomic E-state index is 12.4. The molecule has 1 saturated heterocycles. The van der Waals surface area contributed by atoms with Crippen molar-refractivity contribution in [2.75, 3.05) is 31.6 Å². The van der Waals surface area contributed by atoms with Gasteiger partial charge in [0.05, 0.1) is 43.7 Å². The topological polar surface area (TPSA) is 77.0 Å². The third-order valence-electron chi connectivity index (χ3n) is 5.44. The highest BCUT2D eigenvalue weighted by molar-refractivity contribution is 7.80. The molecule has 0 radical (unpaired) electrons. The van der Waals surface area contributed by atoms with E-state index in [9.17, 15) is 4.79 Å². The summed E-state index contributed by atoms with van der Waals surface area (Å²) in [6.07, 6.45) is 3.90. The molecule has 0 amide bonds. The Morgan fingerprint density at radius 1 is 1.09 bits per heavy atom. The van der Waals surface area contributed by atoms with E-state index in [1.54, 1.807) is 6.07 Å². The van der Waals surface area contributed by atoms with Gasteiger partial charge in [-0.15, -0.1) is 0 Å². The molecule has 4 rings (SSSR count). The fourth-order valence-corrected chi connectivity index (χ4v) is 3.97. The molecule has 0 bridgehead atoms. The van der Waals surface area contributed by atoms with Gasteiger partial charge in [0.1, 0.15) is 11.9 Å². The van der Waals surface area contributed by atoms with Gasteiger partial charge in [0, 0.05) is 18.9 Å². The van der Waals surface area contributed by atoms with Crippen LogP contribution in [0.4, 0.5) is 5.69 Å². The monoisotopic (exact) mass is 480 g/mol. The van der Waals surface area contributed by atoms with E-state index in [0.717, 1.165) is 42.3 Å². The van der Waals surface area contributed by atoms with E-state index < -0.39 is 0 Å². The predicted molar refractivity (Wildman–Crippen MR) is 134 cm³/mol. The molecule has 2 N–H and O–H groups in total. The van der Waals surface area contributed by atoms with Crippen LogP contribution < -0.4 is 20.4 Å². The number of rotatable bonds is 9. The molecule has 178 valence electrons. The van der Waals surface area contributed by atoms with Crippen molar-refractivity contribution in [2.24, 2.45) is 0 Å². The number of carbonyl (C=O) groups excluding carboxylic acids is 1. The number of aromatic nitrogens is 1.